The molecule has 1 aromatic carbocycles. The molecule has 5 heteroatoms. The van der Waals surface area contributed by atoms with Gasteiger partial charge in [-0.2, -0.15) is 5.57 Å². The summed E-state index contributed by atoms with van der Waals surface area (Å²) in [6.07, 6.45) is 12.6. The molecule has 0 N–H and O–H groups in total. The van der Waals surface area contributed by atoms with Gasteiger partial charge < -0.3 is 37.2 Å². The third-order valence-electron chi connectivity index (χ3n) is 5.54. The van der Waals surface area contributed by atoms with Gasteiger partial charge in [0.1, 0.15) is 0 Å². The number of unbranched alkanes of at least 4 members (excludes halogenated alkanes) is 2. The van der Waals surface area contributed by atoms with Gasteiger partial charge in [0.15, 0.2) is 0 Å². The van der Waals surface area contributed by atoms with E-state index in [1.165, 1.54) is 53.5 Å². The summed E-state index contributed by atoms with van der Waals surface area (Å²) in [6.45, 7) is 13.7. The molecule has 2 rings (SSSR count). The van der Waals surface area contributed by atoms with Crippen LogP contribution in [0.1, 0.15) is 66.8 Å². The maximum absolute atomic E-state index is 3.75. The molecular weight excluding hydrogens is 435 g/mol. The minimum atomic E-state index is -0.383. The van der Waals surface area contributed by atoms with Crippen LogP contribution in [-0.2, 0) is 21.7 Å². The topological polar surface area (TPSA) is 0 Å². The van der Waals surface area contributed by atoms with Crippen molar-refractivity contribution in [2.24, 2.45) is 0 Å². The van der Waals surface area contributed by atoms with Crippen LogP contribution in [0.25, 0.3) is 0 Å². The van der Waals surface area contributed by atoms with Gasteiger partial charge in [0.2, 0.25) is 0 Å². The van der Waals surface area contributed by atoms with E-state index in [0.29, 0.717) is 0 Å². The van der Waals surface area contributed by atoms with Gasteiger partial charge in [-0.3, -0.25) is 6.08 Å². The zero-order valence-corrected chi connectivity index (χ0v) is 22.2. The molecule has 0 fully saturated rings. The second kappa shape index (κ2) is 14.5. The van der Waals surface area contributed by atoms with Crippen molar-refractivity contribution in [3.63, 3.8) is 0 Å². The van der Waals surface area contributed by atoms with E-state index in [0.717, 1.165) is 6.42 Å². The molecule has 0 nitrogen and oxygen atoms in total. The number of benzene rings is 1. The smallest absolute Gasteiger partial charge is 1.00 e. The first kappa shape index (κ1) is 31.2. The minimum Gasteiger partial charge on any atom is -1.00 e. The molecule has 1 aliphatic carbocycles. The number of allylic oxidation sites excluding steroid dienone is 4. The molecule has 0 saturated carbocycles. The van der Waals surface area contributed by atoms with Crippen molar-refractivity contribution in [2.45, 2.75) is 73.6 Å². The Kier molecular flexibility index (Phi) is 17.4. The second-order valence-electron chi connectivity index (χ2n) is 6.90. The molecule has 0 amide bonds. The fraction of sp³-hybridized carbons (Fsp3) is 0.524. The number of rotatable bonds is 6. The third-order valence-corrected chi connectivity index (χ3v) is 7.80. The fourth-order valence-electron chi connectivity index (χ4n) is 3.48. The van der Waals surface area contributed by atoms with Gasteiger partial charge in [0.25, 0.3) is 0 Å². The summed E-state index contributed by atoms with van der Waals surface area (Å²) >= 11 is 0. The van der Waals surface area contributed by atoms with Crippen molar-refractivity contribution in [1.29, 1.82) is 0 Å². The van der Waals surface area contributed by atoms with E-state index < -0.39 is 0 Å². The molecule has 0 saturated heterocycles. The summed E-state index contributed by atoms with van der Waals surface area (Å²) < 4.78 is 0. The van der Waals surface area contributed by atoms with Crippen molar-refractivity contribution in [3.05, 3.63) is 50.7 Å². The van der Waals surface area contributed by atoms with Crippen LogP contribution in [-0.4, -0.2) is 9.52 Å². The van der Waals surface area contributed by atoms with Gasteiger partial charge in [-0.15, -0.1) is 0 Å². The van der Waals surface area contributed by atoms with Crippen LogP contribution in [0.2, 0.25) is 0 Å². The van der Waals surface area contributed by atoms with Crippen molar-refractivity contribution >= 4 is 14.7 Å². The molecule has 1 aromatic rings. The summed E-state index contributed by atoms with van der Waals surface area (Å²) in [5, 5.41) is 3.20. The molecule has 144 valence electrons. The van der Waals surface area contributed by atoms with E-state index in [2.05, 4.69) is 53.7 Å². The van der Waals surface area contributed by atoms with E-state index in [-0.39, 0.29) is 68.5 Å². The van der Waals surface area contributed by atoms with Crippen LogP contribution < -0.4 is 42.4 Å². The molecule has 0 heterocycles. The van der Waals surface area contributed by atoms with Crippen LogP contribution in [0, 0.1) is 40.7 Å². The summed E-state index contributed by atoms with van der Waals surface area (Å²) in [7, 11) is -0.383. The summed E-state index contributed by atoms with van der Waals surface area (Å²) in [6, 6.07) is 0. The van der Waals surface area contributed by atoms with Gasteiger partial charge in [-0.05, 0) is 62.4 Å². The predicted molar refractivity (Wildman–Crippen MR) is 102 cm³/mol. The minimum absolute atomic E-state index is 0. The van der Waals surface area contributed by atoms with Gasteiger partial charge in [0, 0.05) is 0 Å². The molecule has 0 bridgehead atoms. The molecule has 26 heavy (non-hydrogen) atoms. The Hall–Kier alpha value is 0.501. The summed E-state index contributed by atoms with van der Waals surface area (Å²) in [5.41, 5.74) is 9.09. The normalized spacial score (nSPS) is 12.5. The van der Waals surface area contributed by atoms with Crippen LogP contribution in [0.3, 0.4) is 0 Å². The fourth-order valence-corrected chi connectivity index (χ4v) is 5.55. The maximum atomic E-state index is 3.75. The second-order valence-corrected chi connectivity index (χ2v) is 8.72. The Morgan fingerprint density at radius 3 is 1.85 bits per heavy atom. The zero-order valence-electron chi connectivity index (χ0n) is 17.0. The van der Waals surface area contributed by atoms with Gasteiger partial charge in [0.05, 0.1) is 9.52 Å². The first-order chi connectivity index (χ1) is 10.5. The Bertz CT molecular complexity index is 608. The molecular formula is C21H31Cl3SiTi. The summed E-state index contributed by atoms with van der Waals surface area (Å²) in [4.78, 5) is 0. The van der Waals surface area contributed by atoms with E-state index >= 15 is 0 Å². The van der Waals surface area contributed by atoms with Crippen molar-refractivity contribution in [1.82, 2.24) is 0 Å². The van der Waals surface area contributed by atoms with Gasteiger partial charge in [-0.25, -0.2) is 11.3 Å². The summed E-state index contributed by atoms with van der Waals surface area (Å²) in [5.74, 6) is 0. The number of hydrogen-bond donors (Lipinski definition) is 0. The average molecular weight is 466 g/mol. The first-order valence-corrected chi connectivity index (χ1v) is 10.2. The molecule has 0 unspecified atom stereocenters. The molecule has 1 aliphatic rings. The maximum Gasteiger partial charge on any atom is 4.00 e. The molecule has 0 spiro atoms. The van der Waals surface area contributed by atoms with Gasteiger partial charge in [-0.1, -0.05) is 44.2 Å². The Balaban J connectivity index is -0.00000132. The van der Waals surface area contributed by atoms with E-state index in [1.807, 2.05) is 0 Å². The Morgan fingerprint density at radius 1 is 0.846 bits per heavy atom. The largest absolute Gasteiger partial charge is 4.00 e. The molecule has 0 atom stereocenters. The standard InChI is InChI=1S/C21H31Si.3ClH.Ti/c1-7-8-9-10-19-11-12-20(13-19)22-21-17(5)15(3)14(2)16(4)18(21)6;;;;/h12H,7-11,22H2,1-6H3;3*1H;/q-1;;;;+4/p-3. The predicted octanol–water partition coefficient (Wildman–Crippen LogP) is -4.37. The third kappa shape index (κ3) is 7.49. The van der Waals surface area contributed by atoms with Crippen LogP contribution in [0.4, 0.5) is 0 Å². The molecule has 0 aliphatic heterocycles. The monoisotopic (exact) mass is 464 g/mol. The van der Waals surface area contributed by atoms with E-state index in [9.17, 15) is 0 Å². The first-order valence-electron chi connectivity index (χ1n) is 8.82. The number of hydrogen-bond acceptors (Lipinski definition) is 0. The van der Waals surface area contributed by atoms with Crippen molar-refractivity contribution in [2.75, 3.05) is 0 Å². The zero-order chi connectivity index (χ0) is 16.3. The van der Waals surface area contributed by atoms with Crippen LogP contribution >= 0.6 is 0 Å². The van der Waals surface area contributed by atoms with Crippen LogP contribution in [0.5, 0.6) is 0 Å². The average Bonchev–Trinajstić information content (AvgIpc) is 2.95. The molecule has 0 aromatic heterocycles. The van der Waals surface area contributed by atoms with Crippen molar-refractivity contribution < 1.29 is 58.9 Å². The quantitative estimate of drug-likeness (QED) is 0.226. The molecule has 0 radical (unpaired) electrons. The van der Waals surface area contributed by atoms with Crippen molar-refractivity contribution in [3.8, 4) is 0 Å². The Morgan fingerprint density at radius 2 is 1.35 bits per heavy atom. The van der Waals surface area contributed by atoms with Gasteiger partial charge >= 0.3 is 21.7 Å². The number of halogens is 3. The Labute approximate surface area is 197 Å². The van der Waals surface area contributed by atoms with E-state index in [4.69, 9.17) is 0 Å². The van der Waals surface area contributed by atoms with Crippen LogP contribution in [0.15, 0.2) is 16.8 Å². The SMILES string of the molecule is CCCCCC1=[C-]C([SiH2]c2c(C)c(C)c(C)c(C)c2C)=CC1.[Cl-].[Cl-].[Cl-].[Ti+4]. The van der Waals surface area contributed by atoms with E-state index in [1.54, 1.807) is 16.0 Å².